The average molecular weight is 231 g/mol. The Hall–Kier alpha value is -0.650. The van der Waals surface area contributed by atoms with Gasteiger partial charge in [-0.2, -0.15) is 0 Å². The molecule has 2 heteroatoms. The first-order chi connectivity index (χ1) is 7.85. The Morgan fingerprint density at radius 2 is 1.50 bits per heavy atom. The number of hydrogen-bond acceptors (Lipinski definition) is 1. The molecule has 2 aliphatic rings. The van der Waals surface area contributed by atoms with Gasteiger partial charge in [-0.05, 0) is 31.6 Å². The molecule has 1 aromatic rings. The van der Waals surface area contributed by atoms with Crippen molar-refractivity contribution >= 4 is 20.2 Å². The zero-order valence-electron chi connectivity index (χ0n) is 9.93. The van der Waals surface area contributed by atoms with Crippen LogP contribution in [0, 0.1) is 0 Å². The summed E-state index contributed by atoms with van der Waals surface area (Å²) in [6.45, 7) is 6.97. The summed E-state index contributed by atoms with van der Waals surface area (Å²) in [6.07, 6.45) is 5.01. The van der Waals surface area contributed by atoms with Crippen molar-refractivity contribution in [1.29, 1.82) is 0 Å². The molecule has 0 N–H and O–H groups in total. The summed E-state index contributed by atoms with van der Waals surface area (Å²) < 4.78 is 2.66. The van der Waals surface area contributed by atoms with Gasteiger partial charge in [0.2, 0.25) is 0 Å². The Bertz CT molecular complexity index is 463. The maximum atomic E-state index is 2.66. The largest absolute Gasteiger partial charge is 0.282 e. The Morgan fingerprint density at radius 3 is 1.94 bits per heavy atom. The first-order valence-electron chi connectivity index (χ1n) is 6.17. The zero-order valence-corrected chi connectivity index (χ0v) is 10.8. The monoisotopic (exact) mass is 231 g/mol. The summed E-state index contributed by atoms with van der Waals surface area (Å²) in [7, 11) is 0.0972. The van der Waals surface area contributed by atoms with Crippen LogP contribution in [0.1, 0.15) is 13.8 Å². The summed E-state index contributed by atoms with van der Waals surface area (Å²) in [5.41, 5.74) is 1.68. The molecule has 2 atom stereocenters. The summed E-state index contributed by atoms with van der Waals surface area (Å²) in [5.74, 6) is 0. The van der Waals surface area contributed by atoms with E-state index in [0.29, 0.717) is 0 Å². The lowest BCUT2D eigenvalue weighted by Crippen LogP contribution is -2.27. The van der Waals surface area contributed by atoms with Gasteiger partial charge < -0.3 is 0 Å². The van der Waals surface area contributed by atoms with Crippen LogP contribution in [0.15, 0.2) is 24.3 Å². The molecule has 0 spiro atoms. The molecule has 84 valence electrons. The molecule has 1 aliphatic carbocycles. The lowest BCUT2D eigenvalue weighted by atomic mass is 10.1. The SMILES string of the molecule is CCN(CC)P1C2C=c3ccccc3=CC21. The molecule has 16 heavy (non-hydrogen) atoms. The van der Waals surface area contributed by atoms with Crippen molar-refractivity contribution in [2.24, 2.45) is 0 Å². The van der Waals surface area contributed by atoms with Crippen LogP contribution < -0.4 is 10.4 Å². The summed E-state index contributed by atoms with van der Waals surface area (Å²) in [6, 6.07) is 8.78. The third kappa shape index (κ3) is 1.54. The third-order valence-corrected chi connectivity index (χ3v) is 6.66. The molecule has 1 saturated heterocycles. The van der Waals surface area contributed by atoms with Gasteiger partial charge in [0.25, 0.3) is 0 Å². The summed E-state index contributed by atoms with van der Waals surface area (Å²) >= 11 is 0. The minimum Gasteiger partial charge on any atom is -0.282 e. The Morgan fingerprint density at radius 1 is 1.00 bits per heavy atom. The lowest BCUT2D eigenvalue weighted by molar-refractivity contribution is 0.514. The van der Waals surface area contributed by atoms with Crippen LogP contribution in [0.25, 0.3) is 12.2 Å². The first kappa shape index (κ1) is 10.5. The van der Waals surface area contributed by atoms with Crippen molar-refractivity contribution < 1.29 is 0 Å². The van der Waals surface area contributed by atoms with Crippen LogP contribution in [0.4, 0.5) is 0 Å². The van der Waals surface area contributed by atoms with Gasteiger partial charge in [0, 0.05) is 11.3 Å². The predicted octanol–water partition coefficient (Wildman–Crippen LogP) is 1.75. The van der Waals surface area contributed by atoms with E-state index in [1.165, 1.54) is 23.5 Å². The number of rotatable bonds is 3. The second-order valence-corrected chi connectivity index (χ2v) is 6.98. The number of nitrogens with zero attached hydrogens (tertiary/aromatic N) is 1. The highest BCUT2D eigenvalue weighted by molar-refractivity contribution is 7.66. The molecular formula is C14H18NP. The normalized spacial score (nSPS) is 30.1. The van der Waals surface area contributed by atoms with E-state index < -0.39 is 0 Å². The first-order valence-corrected chi connectivity index (χ1v) is 7.60. The van der Waals surface area contributed by atoms with E-state index in [-0.39, 0.29) is 8.07 Å². The third-order valence-electron chi connectivity index (χ3n) is 3.62. The minimum atomic E-state index is 0.0972. The van der Waals surface area contributed by atoms with Crippen molar-refractivity contribution in [2.75, 3.05) is 13.1 Å². The molecule has 0 bridgehead atoms. The maximum Gasteiger partial charge on any atom is 0.0233 e. The Balaban J connectivity index is 1.94. The second kappa shape index (κ2) is 3.98. The van der Waals surface area contributed by atoms with Crippen LogP contribution in [-0.4, -0.2) is 29.1 Å². The molecule has 0 aromatic heterocycles. The van der Waals surface area contributed by atoms with E-state index in [1.54, 1.807) is 0 Å². The van der Waals surface area contributed by atoms with Gasteiger partial charge in [-0.1, -0.05) is 50.3 Å². The molecular weight excluding hydrogens is 213 g/mol. The van der Waals surface area contributed by atoms with E-state index in [4.69, 9.17) is 0 Å². The standard InChI is InChI=1S/C14H18NP/c1-3-15(4-2)16-13-9-11-7-5-6-8-12(11)10-14(13)16/h5-10,13-14H,3-4H2,1-2H3. The van der Waals surface area contributed by atoms with Crippen molar-refractivity contribution in [3.8, 4) is 0 Å². The van der Waals surface area contributed by atoms with E-state index in [0.717, 1.165) is 11.3 Å². The van der Waals surface area contributed by atoms with Crippen LogP contribution in [0.5, 0.6) is 0 Å². The molecule has 2 unspecified atom stereocenters. The highest BCUT2D eigenvalue weighted by Crippen LogP contribution is 2.70. The molecule has 0 radical (unpaired) electrons. The Kier molecular flexibility index (Phi) is 2.61. The fourth-order valence-corrected chi connectivity index (χ4v) is 5.61. The molecule has 1 nitrogen and oxygen atoms in total. The van der Waals surface area contributed by atoms with Crippen molar-refractivity contribution in [2.45, 2.75) is 25.2 Å². The molecule has 1 aliphatic heterocycles. The van der Waals surface area contributed by atoms with Crippen molar-refractivity contribution in [3.05, 3.63) is 34.7 Å². The van der Waals surface area contributed by atoms with Crippen molar-refractivity contribution in [1.82, 2.24) is 4.67 Å². The zero-order chi connectivity index (χ0) is 11.1. The van der Waals surface area contributed by atoms with E-state index in [2.05, 4.69) is 54.9 Å². The fourth-order valence-electron chi connectivity index (χ4n) is 2.72. The van der Waals surface area contributed by atoms with E-state index in [1.807, 2.05) is 0 Å². The highest BCUT2D eigenvalue weighted by Gasteiger charge is 2.50. The van der Waals surface area contributed by atoms with Gasteiger partial charge in [0.05, 0.1) is 0 Å². The van der Waals surface area contributed by atoms with Gasteiger partial charge >= 0.3 is 0 Å². The summed E-state index contributed by atoms with van der Waals surface area (Å²) in [5, 5.41) is 2.89. The van der Waals surface area contributed by atoms with Crippen LogP contribution in [0.3, 0.4) is 0 Å². The quantitative estimate of drug-likeness (QED) is 0.716. The van der Waals surface area contributed by atoms with Crippen molar-refractivity contribution in [3.63, 3.8) is 0 Å². The molecule has 1 heterocycles. The van der Waals surface area contributed by atoms with E-state index >= 15 is 0 Å². The fraction of sp³-hybridized carbons (Fsp3) is 0.429. The van der Waals surface area contributed by atoms with E-state index in [9.17, 15) is 0 Å². The van der Waals surface area contributed by atoms with Crippen LogP contribution in [0.2, 0.25) is 0 Å². The predicted molar refractivity (Wildman–Crippen MR) is 72.0 cm³/mol. The average Bonchev–Trinajstić information content (AvgIpc) is 3.01. The topological polar surface area (TPSA) is 3.24 Å². The minimum absolute atomic E-state index is 0.0972. The molecule has 0 saturated carbocycles. The number of fused-ring (bicyclic) bond motifs is 2. The van der Waals surface area contributed by atoms with Gasteiger partial charge in [0.15, 0.2) is 0 Å². The molecule has 1 fully saturated rings. The van der Waals surface area contributed by atoms with Gasteiger partial charge in [-0.15, -0.1) is 0 Å². The highest BCUT2D eigenvalue weighted by atomic mass is 31.1. The number of benzene rings is 1. The van der Waals surface area contributed by atoms with Gasteiger partial charge in [-0.25, -0.2) is 0 Å². The van der Waals surface area contributed by atoms with Gasteiger partial charge in [-0.3, -0.25) is 4.67 Å². The molecule has 1 aromatic carbocycles. The van der Waals surface area contributed by atoms with Crippen LogP contribution >= 0.6 is 8.07 Å². The smallest absolute Gasteiger partial charge is 0.0233 e. The second-order valence-electron chi connectivity index (χ2n) is 4.46. The summed E-state index contributed by atoms with van der Waals surface area (Å²) in [4.78, 5) is 0. The maximum absolute atomic E-state index is 2.66. The van der Waals surface area contributed by atoms with Crippen LogP contribution in [-0.2, 0) is 0 Å². The molecule has 3 rings (SSSR count). The van der Waals surface area contributed by atoms with Gasteiger partial charge in [0.1, 0.15) is 0 Å². The lowest BCUT2D eigenvalue weighted by Gasteiger charge is -2.17. The Labute approximate surface area is 98.3 Å². The number of hydrogen-bond donors (Lipinski definition) is 0. The molecule has 0 amide bonds.